The molecule has 3 unspecified atom stereocenters. The van der Waals surface area contributed by atoms with Crippen molar-refractivity contribution in [1.29, 1.82) is 0 Å². The molecular formula is C25H34FN3O3S. The van der Waals surface area contributed by atoms with Gasteiger partial charge in [0.25, 0.3) is 0 Å². The summed E-state index contributed by atoms with van der Waals surface area (Å²) in [6.45, 7) is 8.47. The van der Waals surface area contributed by atoms with E-state index in [-0.39, 0.29) is 18.4 Å². The van der Waals surface area contributed by atoms with Gasteiger partial charge >= 0.3 is 0 Å². The van der Waals surface area contributed by atoms with Gasteiger partial charge in [0, 0.05) is 50.0 Å². The highest BCUT2D eigenvalue weighted by Crippen LogP contribution is 2.39. The summed E-state index contributed by atoms with van der Waals surface area (Å²) in [4.78, 5) is 4.08. The molecule has 2 heterocycles. The molecule has 2 aromatic carbocycles. The van der Waals surface area contributed by atoms with Crippen molar-refractivity contribution in [2.45, 2.75) is 57.7 Å². The fourth-order valence-corrected chi connectivity index (χ4v) is 7.26. The summed E-state index contributed by atoms with van der Waals surface area (Å²) in [6, 6.07) is 12.5. The number of aliphatic hydroxyl groups excluding tert-OH is 1. The van der Waals surface area contributed by atoms with Crippen molar-refractivity contribution < 1.29 is 17.9 Å². The van der Waals surface area contributed by atoms with Crippen LogP contribution in [-0.2, 0) is 16.6 Å². The Kier molecular flexibility index (Phi) is 7.09. The molecule has 0 bridgehead atoms. The first kappa shape index (κ1) is 24.1. The molecule has 0 radical (unpaired) electrons. The Morgan fingerprint density at radius 1 is 1.09 bits per heavy atom. The lowest BCUT2D eigenvalue weighted by atomic mass is 10.0. The van der Waals surface area contributed by atoms with Gasteiger partial charge < -0.3 is 10.0 Å². The largest absolute Gasteiger partial charge is 0.379 e. The number of hydrogen-bond donors (Lipinski definition) is 1. The average Bonchev–Trinajstić information content (AvgIpc) is 2.78. The molecule has 0 amide bonds. The summed E-state index contributed by atoms with van der Waals surface area (Å²) in [5.41, 5.74) is 2.98. The summed E-state index contributed by atoms with van der Waals surface area (Å²) < 4.78 is 43.7. The summed E-state index contributed by atoms with van der Waals surface area (Å²) in [6.07, 6.45) is 0.833. The Morgan fingerprint density at radius 3 is 2.42 bits per heavy atom. The van der Waals surface area contributed by atoms with Crippen LogP contribution in [-0.4, -0.2) is 61.2 Å². The van der Waals surface area contributed by atoms with E-state index in [1.165, 1.54) is 10.4 Å². The van der Waals surface area contributed by atoms with Crippen LogP contribution in [0.15, 0.2) is 42.5 Å². The Labute approximate surface area is 196 Å². The van der Waals surface area contributed by atoms with E-state index in [0.29, 0.717) is 38.2 Å². The Balaban J connectivity index is 1.52. The third kappa shape index (κ3) is 4.94. The first-order chi connectivity index (χ1) is 15.7. The van der Waals surface area contributed by atoms with Crippen molar-refractivity contribution in [3.63, 3.8) is 0 Å². The van der Waals surface area contributed by atoms with E-state index in [4.69, 9.17) is 0 Å². The molecule has 2 fully saturated rings. The number of rotatable bonds is 5. The van der Waals surface area contributed by atoms with Crippen molar-refractivity contribution in [2.75, 3.05) is 31.1 Å². The number of anilines is 1. The topological polar surface area (TPSA) is 64.1 Å². The Bertz CT molecular complexity index is 1080. The van der Waals surface area contributed by atoms with Gasteiger partial charge in [0.15, 0.2) is 0 Å². The number of halogens is 1. The average molecular weight is 476 g/mol. The molecule has 0 aliphatic carbocycles. The number of aryl methyl sites for hydroxylation is 1. The van der Waals surface area contributed by atoms with Gasteiger partial charge in [-0.3, -0.25) is 4.90 Å². The van der Waals surface area contributed by atoms with E-state index in [9.17, 15) is 13.5 Å². The number of piperazine rings is 1. The second-order valence-electron chi connectivity index (χ2n) is 9.29. The Hall–Kier alpha value is -2.00. The summed E-state index contributed by atoms with van der Waals surface area (Å²) in [5.74, 6) is -0.383. The molecule has 2 saturated heterocycles. The molecule has 0 saturated carbocycles. The van der Waals surface area contributed by atoms with Gasteiger partial charge in [-0.05, 0) is 56.9 Å². The molecule has 1 N–H and O–H groups in total. The molecule has 2 aliphatic heterocycles. The normalized spacial score (nSPS) is 25.2. The highest BCUT2D eigenvalue weighted by atomic mass is 32.2. The van der Waals surface area contributed by atoms with Gasteiger partial charge in [0.1, 0.15) is 17.3 Å². The zero-order valence-electron chi connectivity index (χ0n) is 19.6. The van der Waals surface area contributed by atoms with Crippen LogP contribution in [0.5, 0.6) is 0 Å². The molecular weight excluding hydrogens is 441 g/mol. The minimum absolute atomic E-state index is 0.0355. The molecule has 33 heavy (non-hydrogen) atoms. The van der Waals surface area contributed by atoms with Crippen LogP contribution in [0.1, 0.15) is 48.6 Å². The fourth-order valence-electron chi connectivity index (χ4n) is 4.99. The minimum atomic E-state index is -3.62. The smallest absolute Gasteiger partial charge is 0.221 e. The van der Waals surface area contributed by atoms with Crippen LogP contribution in [0.25, 0.3) is 0 Å². The number of sulfonamides is 1. The van der Waals surface area contributed by atoms with Gasteiger partial charge in [0.05, 0.1) is 0 Å². The van der Waals surface area contributed by atoms with Gasteiger partial charge in [-0.15, -0.1) is 0 Å². The SMILES string of the molecule is Cc1ccccc1C1CCC(C)N(Cc2ccc(N3CCN(C(C)O)CC3)cc2F)S1(=O)=O. The van der Waals surface area contributed by atoms with Crippen molar-refractivity contribution in [3.8, 4) is 0 Å². The summed E-state index contributed by atoms with van der Waals surface area (Å²) in [5, 5.41) is 9.14. The van der Waals surface area contributed by atoms with E-state index < -0.39 is 21.5 Å². The van der Waals surface area contributed by atoms with Crippen LogP contribution in [0.3, 0.4) is 0 Å². The number of hydrogen-bond acceptors (Lipinski definition) is 5. The zero-order valence-corrected chi connectivity index (χ0v) is 20.4. The van der Waals surface area contributed by atoms with E-state index in [2.05, 4.69) is 4.90 Å². The van der Waals surface area contributed by atoms with Gasteiger partial charge in [-0.2, -0.15) is 4.31 Å². The van der Waals surface area contributed by atoms with Crippen LogP contribution >= 0.6 is 0 Å². The molecule has 2 aromatic rings. The minimum Gasteiger partial charge on any atom is -0.379 e. The molecule has 8 heteroatoms. The molecule has 180 valence electrons. The zero-order chi connectivity index (χ0) is 23.8. The Morgan fingerprint density at radius 2 is 1.79 bits per heavy atom. The highest BCUT2D eigenvalue weighted by Gasteiger charge is 2.41. The molecule has 3 atom stereocenters. The first-order valence-electron chi connectivity index (χ1n) is 11.7. The molecule has 0 aromatic heterocycles. The maximum absolute atomic E-state index is 15.1. The lowest BCUT2D eigenvalue weighted by Crippen LogP contribution is -2.49. The van der Waals surface area contributed by atoms with Gasteiger partial charge in [-0.25, -0.2) is 12.8 Å². The van der Waals surface area contributed by atoms with E-state index in [0.717, 1.165) is 23.2 Å². The van der Waals surface area contributed by atoms with Crippen LogP contribution in [0.4, 0.5) is 10.1 Å². The van der Waals surface area contributed by atoms with Crippen molar-refractivity contribution >= 4 is 15.7 Å². The number of benzene rings is 2. The molecule has 2 aliphatic rings. The summed E-state index contributed by atoms with van der Waals surface area (Å²) >= 11 is 0. The van der Waals surface area contributed by atoms with E-state index in [1.807, 2.05) is 49.1 Å². The third-order valence-corrected chi connectivity index (χ3v) is 9.48. The predicted octanol–water partition coefficient (Wildman–Crippen LogP) is 3.65. The van der Waals surface area contributed by atoms with E-state index >= 15 is 4.39 Å². The lowest BCUT2D eigenvalue weighted by Gasteiger charge is -2.38. The maximum Gasteiger partial charge on any atom is 0.221 e. The molecule has 0 spiro atoms. The fraction of sp³-hybridized carbons (Fsp3) is 0.520. The lowest BCUT2D eigenvalue weighted by molar-refractivity contribution is 0.0153. The number of aliphatic hydroxyl groups is 1. The second kappa shape index (κ2) is 9.70. The monoisotopic (exact) mass is 475 g/mol. The van der Waals surface area contributed by atoms with Gasteiger partial charge in [-0.1, -0.05) is 30.3 Å². The van der Waals surface area contributed by atoms with Crippen molar-refractivity contribution in [2.24, 2.45) is 0 Å². The summed E-state index contributed by atoms with van der Waals surface area (Å²) in [7, 11) is -3.62. The third-order valence-electron chi connectivity index (χ3n) is 7.13. The van der Waals surface area contributed by atoms with Crippen molar-refractivity contribution in [3.05, 3.63) is 65.0 Å². The van der Waals surface area contributed by atoms with Crippen LogP contribution in [0, 0.1) is 12.7 Å². The van der Waals surface area contributed by atoms with Crippen LogP contribution in [0.2, 0.25) is 0 Å². The number of nitrogens with zero attached hydrogens (tertiary/aromatic N) is 3. The second-order valence-corrected chi connectivity index (χ2v) is 11.4. The maximum atomic E-state index is 15.1. The quantitative estimate of drug-likeness (QED) is 0.715. The predicted molar refractivity (Wildman–Crippen MR) is 129 cm³/mol. The van der Waals surface area contributed by atoms with E-state index in [1.54, 1.807) is 13.0 Å². The molecule has 4 rings (SSSR count). The first-order valence-corrected chi connectivity index (χ1v) is 13.2. The highest BCUT2D eigenvalue weighted by molar-refractivity contribution is 7.89. The molecule has 6 nitrogen and oxygen atoms in total. The van der Waals surface area contributed by atoms with Gasteiger partial charge in [0.2, 0.25) is 10.0 Å². The van der Waals surface area contributed by atoms with Crippen molar-refractivity contribution in [1.82, 2.24) is 9.21 Å². The standard InChI is InChI=1S/C25H34FN3O3S/c1-18-6-4-5-7-23(18)25-11-8-19(2)29(33(25,31)32)17-21-9-10-22(16-24(21)26)28-14-12-27(13-15-28)20(3)30/h4-7,9-10,16,19-20,25,30H,8,11-15,17H2,1-3H3. The van der Waals surface area contributed by atoms with Crippen LogP contribution < -0.4 is 4.90 Å².